The molecule has 0 saturated heterocycles. The summed E-state index contributed by atoms with van der Waals surface area (Å²) in [5, 5.41) is 19.2. The Morgan fingerprint density at radius 2 is 0.746 bits per heavy atom. The van der Waals surface area contributed by atoms with E-state index in [1.807, 2.05) is 0 Å². The van der Waals surface area contributed by atoms with Gasteiger partial charge < -0.3 is 24.6 Å². The molecule has 0 spiro atoms. The van der Waals surface area contributed by atoms with Gasteiger partial charge in [-0.25, -0.2) is 4.57 Å². The van der Waals surface area contributed by atoms with Crippen LogP contribution in [0.25, 0.3) is 0 Å². The number of hydrogen-bond acceptors (Lipinski definition) is 9. The van der Waals surface area contributed by atoms with Gasteiger partial charge in [-0.15, -0.1) is 0 Å². The fraction of sp³-hybridized carbons (Fsp3) is 0.583. The summed E-state index contributed by atoms with van der Waals surface area (Å²) in [4.78, 5) is 34.5. The lowest BCUT2D eigenvalue weighted by atomic mass is 10.1. The zero-order chi connectivity index (χ0) is 43.3. The van der Waals surface area contributed by atoms with Crippen LogP contribution in [-0.4, -0.2) is 65.7 Å². The second kappa shape index (κ2) is 42.7. The molecule has 0 fully saturated rings. The standard InChI is InChI=1S/C48H77O10P/c1-3-5-7-9-11-13-15-17-19-21-22-24-26-28-30-32-34-36-38-40-48(52)58-46(42-50)44-56-59(53,54)55-43-45(41-49)57-47(51)39-37-35-33-31-29-27-25-23-20-18-16-14-12-10-8-6-4-2/h5-8,11-14,17-20,22,24-25,27-28,30,45-46,49-50H,3-4,9-10,15-16,21,23,26,29,31-44H2,1-2H3,(H,53,54)/b7-5-,8-6-,13-11-,14-12-,19-17-,20-18-,24-22-,27-25-,30-28-. The van der Waals surface area contributed by atoms with E-state index < -0.39 is 58.4 Å². The van der Waals surface area contributed by atoms with Gasteiger partial charge in [0, 0.05) is 12.8 Å². The molecule has 0 rings (SSSR count). The zero-order valence-electron chi connectivity index (χ0n) is 36.2. The van der Waals surface area contributed by atoms with Gasteiger partial charge in [-0.3, -0.25) is 18.6 Å². The summed E-state index contributed by atoms with van der Waals surface area (Å²) in [6.07, 6.45) is 53.4. The minimum atomic E-state index is -4.66. The molecule has 0 amide bonds. The van der Waals surface area contributed by atoms with Crippen molar-refractivity contribution in [3.63, 3.8) is 0 Å². The van der Waals surface area contributed by atoms with Crippen LogP contribution in [0, 0.1) is 0 Å². The molecule has 3 unspecified atom stereocenters. The second-order valence-corrected chi connectivity index (χ2v) is 15.4. The zero-order valence-corrected chi connectivity index (χ0v) is 37.1. The molecule has 0 bridgehead atoms. The van der Waals surface area contributed by atoms with Crippen LogP contribution in [0.3, 0.4) is 0 Å². The van der Waals surface area contributed by atoms with Crippen LogP contribution in [-0.2, 0) is 32.7 Å². The molecule has 3 N–H and O–H groups in total. The molecule has 0 heterocycles. The molecule has 0 aromatic rings. The molecule has 0 aliphatic carbocycles. The largest absolute Gasteiger partial charge is 0.472 e. The summed E-state index contributed by atoms with van der Waals surface area (Å²) in [5.74, 6) is -1.09. The monoisotopic (exact) mass is 845 g/mol. The smallest absolute Gasteiger partial charge is 0.457 e. The van der Waals surface area contributed by atoms with Crippen LogP contribution < -0.4 is 0 Å². The molecule has 11 heteroatoms. The lowest BCUT2D eigenvalue weighted by molar-refractivity contribution is -0.153. The fourth-order valence-electron chi connectivity index (χ4n) is 5.19. The highest BCUT2D eigenvalue weighted by Crippen LogP contribution is 2.43. The molecule has 59 heavy (non-hydrogen) atoms. The lowest BCUT2D eigenvalue weighted by Crippen LogP contribution is -2.28. The molecule has 10 nitrogen and oxygen atoms in total. The first-order chi connectivity index (χ1) is 28.8. The summed E-state index contributed by atoms with van der Waals surface area (Å²) in [6.45, 7) is 1.88. The maximum absolute atomic E-state index is 12.4. The average molecular weight is 845 g/mol. The van der Waals surface area contributed by atoms with Crippen LogP contribution in [0.5, 0.6) is 0 Å². The third-order valence-electron chi connectivity index (χ3n) is 8.48. The van der Waals surface area contributed by atoms with E-state index in [4.69, 9.17) is 18.5 Å². The number of aliphatic hydroxyl groups excluding tert-OH is 2. The third kappa shape index (κ3) is 41.2. The number of rotatable bonds is 39. The average Bonchev–Trinajstić information content (AvgIpc) is 3.22. The van der Waals surface area contributed by atoms with Crippen molar-refractivity contribution in [3.05, 3.63) is 109 Å². The van der Waals surface area contributed by atoms with Gasteiger partial charge in [-0.1, -0.05) is 142 Å². The number of ether oxygens (including phenoxy) is 2. The van der Waals surface area contributed by atoms with Crippen molar-refractivity contribution in [2.45, 2.75) is 154 Å². The summed E-state index contributed by atoms with van der Waals surface area (Å²) in [7, 11) is -4.66. The Balaban J connectivity index is 4.04. The highest BCUT2D eigenvalue weighted by atomic mass is 31.2. The van der Waals surface area contributed by atoms with Gasteiger partial charge in [0.15, 0.2) is 0 Å². The number of carbonyl (C=O) groups excluding carboxylic acids is 2. The van der Waals surface area contributed by atoms with Crippen LogP contribution in [0.1, 0.15) is 142 Å². The van der Waals surface area contributed by atoms with Gasteiger partial charge in [0.1, 0.15) is 12.2 Å². The van der Waals surface area contributed by atoms with Gasteiger partial charge in [0.2, 0.25) is 0 Å². The van der Waals surface area contributed by atoms with Gasteiger partial charge in [-0.05, 0) is 96.3 Å². The predicted molar refractivity (Wildman–Crippen MR) is 242 cm³/mol. The third-order valence-corrected chi connectivity index (χ3v) is 9.43. The molecule has 3 atom stereocenters. The second-order valence-electron chi connectivity index (χ2n) is 13.9. The first-order valence-electron chi connectivity index (χ1n) is 21.8. The molecular weight excluding hydrogens is 767 g/mol. The summed E-state index contributed by atoms with van der Waals surface area (Å²) in [6, 6.07) is 0. The van der Waals surface area contributed by atoms with E-state index >= 15 is 0 Å². The quantitative estimate of drug-likeness (QED) is 0.0236. The summed E-state index contributed by atoms with van der Waals surface area (Å²) < 4.78 is 32.5. The van der Waals surface area contributed by atoms with Crippen molar-refractivity contribution in [2.24, 2.45) is 0 Å². The molecule has 0 aliphatic rings. The number of carbonyl (C=O) groups is 2. The first kappa shape index (κ1) is 55.6. The minimum absolute atomic E-state index is 0.144. The summed E-state index contributed by atoms with van der Waals surface area (Å²) in [5.41, 5.74) is 0. The first-order valence-corrected chi connectivity index (χ1v) is 23.3. The molecule has 0 saturated carbocycles. The highest BCUT2D eigenvalue weighted by molar-refractivity contribution is 7.47. The molecule has 0 aromatic heterocycles. The van der Waals surface area contributed by atoms with E-state index in [1.165, 1.54) is 0 Å². The summed E-state index contributed by atoms with van der Waals surface area (Å²) >= 11 is 0. The van der Waals surface area contributed by atoms with E-state index in [-0.39, 0.29) is 12.8 Å². The van der Waals surface area contributed by atoms with Crippen molar-refractivity contribution in [3.8, 4) is 0 Å². The van der Waals surface area contributed by atoms with Gasteiger partial charge in [0.25, 0.3) is 0 Å². The number of unbranched alkanes of at least 4 members (excludes halogenated alkanes) is 7. The number of allylic oxidation sites excluding steroid dienone is 18. The SMILES string of the molecule is CC/C=C\C/C=C\C/C=C\C/C=C\C/C=C\CCCCCC(=O)OC(CO)COP(=O)(O)OCC(CO)OC(=O)CCCCCC/C=C\C/C=C\C/C=C\C/C=C\CC. The Morgan fingerprint density at radius 1 is 0.458 bits per heavy atom. The van der Waals surface area contributed by atoms with E-state index in [9.17, 15) is 29.3 Å². The number of hydrogen-bond donors (Lipinski definition) is 3. The van der Waals surface area contributed by atoms with Crippen molar-refractivity contribution in [1.29, 1.82) is 0 Å². The van der Waals surface area contributed by atoms with E-state index in [0.29, 0.717) is 12.8 Å². The van der Waals surface area contributed by atoms with Crippen molar-refractivity contribution >= 4 is 19.8 Å². The van der Waals surface area contributed by atoms with Gasteiger partial charge in [-0.2, -0.15) is 0 Å². The van der Waals surface area contributed by atoms with Crippen LogP contribution in [0.15, 0.2) is 109 Å². The van der Waals surface area contributed by atoms with E-state index in [2.05, 4.69) is 123 Å². The fourth-order valence-corrected chi connectivity index (χ4v) is 5.97. The topological polar surface area (TPSA) is 149 Å². The maximum Gasteiger partial charge on any atom is 0.472 e. The maximum atomic E-state index is 12.4. The molecular formula is C48H77O10P. The number of phosphoric ester groups is 1. The number of aliphatic hydroxyl groups is 2. The Kier molecular flexibility index (Phi) is 40.3. The number of phosphoric acid groups is 1. The number of esters is 2. The van der Waals surface area contributed by atoms with Crippen molar-refractivity contribution < 1.29 is 47.8 Å². The molecule has 0 radical (unpaired) electrons. The van der Waals surface area contributed by atoms with Crippen molar-refractivity contribution in [2.75, 3.05) is 26.4 Å². The molecule has 334 valence electrons. The normalized spacial score (nSPS) is 14.9. The van der Waals surface area contributed by atoms with E-state index in [0.717, 1.165) is 103 Å². The van der Waals surface area contributed by atoms with Crippen LogP contribution in [0.2, 0.25) is 0 Å². The Bertz CT molecular complexity index is 1340. The Morgan fingerprint density at radius 3 is 1.07 bits per heavy atom. The van der Waals surface area contributed by atoms with Gasteiger partial charge >= 0.3 is 19.8 Å². The predicted octanol–water partition coefficient (Wildman–Crippen LogP) is 11.8. The Labute approximate surface area is 356 Å². The van der Waals surface area contributed by atoms with Gasteiger partial charge in [0.05, 0.1) is 26.4 Å². The highest BCUT2D eigenvalue weighted by Gasteiger charge is 2.27. The van der Waals surface area contributed by atoms with Crippen molar-refractivity contribution in [1.82, 2.24) is 0 Å². The minimum Gasteiger partial charge on any atom is -0.457 e. The molecule has 0 aromatic carbocycles. The lowest BCUT2D eigenvalue weighted by Gasteiger charge is -2.20. The van der Waals surface area contributed by atoms with Crippen LogP contribution in [0.4, 0.5) is 0 Å². The molecule has 0 aliphatic heterocycles. The van der Waals surface area contributed by atoms with Crippen LogP contribution >= 0.6 is 7.82 Å². The van der Waals surface area contributed by atoms with E-state index in [1.54, 1.807) is 0 Å². The Hall–Kier alpha value is -3.37.